The molecule has 8 heteroatoms. The first-order chi connectivity index (χ1) is 8.67. The number of hydrogen-bond acceptors (Lipinski definition) is 7. The van der Waals surface area contributed by atoms with Gasteiger partial charge in [-0.15, -0.1) is 0 Å². The Kier molecular flexibility index (Phi) is 4.34. The van der Waals surface area contributed by atoms with Crippen LogP contribution in [0.25, 0.3) is 0 Å². The second kappa shape index (κ2) is 5.98. The summed E-state index contributed by atoms with van der Waals surface area (Å²) in [6, 6.07) is 7.48. The number of ether oxygens (including phenoxy) is 1. The molecule has 1 aromatic carbocycles. The van der Waals surface area contributed by atoms with Crippen LogP contribution in [0.1, 0.15) is 0 Å². The molecule has 0 amide bonds. The fraction of sp³-hybridized carbons (Fsp3) is 0.200. The van der Waals surface area contributed by atoms with Crippen molar-refractivity contribution in [1.82, 2.24) is 4.72 Å². The zero-order valence-electron chi connectivity index (χ0n) is 9.45. The van der Waals surface area contributed by atoms with Gasteiger partial charge in [0.25, 0.3) is 6.20 Å². The van der Waals surface area contributed by atoms with Gasteiger partial charge in [-0.3, -0.25) is 10.1 Å². The minimum atomic E-state index is -0.452. The second-order valence-corrected chi connectivity index (χ2v) is 5.61. The summed E-state index contributed by atoms with van der Waals surface area (Å²) in [5.74, 6) is 0.788. The van der Waals surface area contributed by atoms with Gasteiger partial charge in [0.1, 0.15) is 15.5 Å². The largest absolute Gasteiger partial charge is 0.497 e. The van der Waals surface area contributed by atoms with E-state index in [1.165, 1.54) is 23.7 Å². The van der Waals surface area contributed by atoms with Gasteiger partial charge >= 0.3 is 0 Å². The third kappa shape index (κ3) is 3.56. The molecule has 0 aromatic heterocycles. The highest BCUT2D eigenvalue weighted by molar-refractivity contribution is 8.24. The molecule has 0 radical (unpaired) electrons. The monoisotopic (exact) mass is 285 g/mol. The van der Waals surface area contributed by atoms with Crippen molar-refractivity contribution in [3.8, 4) is 5.75 Å². The van der Waals surface area contributed by atoms with Gasteiger partial charge < -0.3 is 10.1 Å². The van der Waals surface area contributed by atoms with E-state index in [1.54, 1.807) is 7.11 Å². The second-order valence-electron chi connectivity index (χ2n) is 3.32. The van der Waals surface area contributed by atoms with Gasteiger partial charge in [0.05, 0.1) is 12.0 Å². The van der Waals surface area contributed by atoms with E-state index in [0.29, 0.717) is 4.24 Å². The topological polar surface area (TPSA) is 76.4 Å². The Morgan fingerprint density at radius 2 is 2.22 bits per heavy atom. The van der Waals surface area contributed by atoms with Gasteiger partial charge in [-0.05, 0) is 36.2 Å². The molecule has 1 saturated heterocycles. The van der Waals surface area contributed by atoms with Gasteiger partial charge in [-0.1, -0.05) is 11.8 Å². The van der Waals surface area contributed by atoms with Crippen LogP contribution in [0, 0.1) is 10.1 Å². The lowest BCUT2D eigenvalue weighted by molar-refractivity contribution is -0.402. The van der Waals surface area contributed by atoms with Crippen molar-refractivity contribution in [2.75, 3.05) is 12.4 Å². The normalized spacial score (nSPS) is 20.9. The number of nitrogens with one attached hydrogen (secondary N) is 2. The maximum Gasteiger partial charge on any atom is 0.255 e. The van der Waals surface area contributed by atoms with Crippen molar-refractivity contribution in [1.29, 1.82) is 0 Å². The van der Waals surface area contributed by atoms with Gasteiger partial charge in [0, 0.05) is 5.69 Å². The van der Waals surface area contributed by atoms with Crippen LogP contribution in [0.15, 0.2) is 34.7 Å². The molecule has 1 unspecified atom stereocenters. The number of nitrogens with zero attached hydrogens (tertiary/aromatic N) is 1. The molecular formula is C10H11N3O3S2. The Bertz CT molecular complexity index is 464. The number of benzene rings is 1. The molecule has 0 aliphatic carbocycles. The molecule has 1 aliphatic rings. The molecule has 1 atom stereocenters. The average molecular weight is 285 g/mol. The third-order valence-corrected chi connectivity index (χ3v) is 4.26. The predicted molar refractivity (Wildman–Crippen MR) is 73.8 cm³/mol. The highest BCUT2D eigenvalue weighted by atomic mass is 32.2. The van der Waals surface area contributed by atoms with Crippen LogP contribution in [-0.4, -0.2) is 17.5 Å². The van der Waals surface area contributed by atoms with Crippen LogP contribution in [0.2, 0.25) is 0 Å². The van der Waals surface area contributed by atoms with E-state index in [1.807, 2.05) is 24.3 Å². The standard InChI is InChI=1S/C10H11N3O3S2/c1-16-8-4-2-7(3-5-8)11-10-12-18-9(17-10)6-13(14)15/h2-6,10-12H,1H3/b9-6-. The summed E-state index contributed by atoms with van der Waals surface area (Å²) >= 11 is 2.62. The number of methoxy groups -OCH3 is 1. The van der Waals surface area contributed by atoms with E-state index in [0.717, 1.165) is 17.6 Å². The lowest BCUT2D eigenvalue weighted by Gasteiger charge is -2.12. The van der Waals surface area contributed by atoms with Crippen molar-refractivity contribution in [3.63, 3.8) is 0 Å². The maximum atomic E-state index is 10.3. The summed E-state index contributed by atoms with van der Waals surface area (Å²) < 4.78 is 8.75. The molecule has 96 valence electrons. The zero-order valence-corrected chi connectivity index (χ0v) is 11.1. The van der Waals surface area contributed by atoms with Crippen LogP contribution in [0.3, 0.4) is 0 Å². The Morgan fingerprint density at radius 3 is 2.83 bits per heavy atom. The number of hydrogen-bond donors (Lipinski definition) is 2. The molecule has 2 N–H and O–H groups in total. The number of nitro groups is 1. The summed E-state index contributed by atoms with van der Waals surface area (Å²) in [5.41, 5.74) is 0.832. The van der Waals surface area contributed by atoms with E-state index >= 15 is 0 Å². The predicted octanol–water partition coefficient (Wildman–Crippen LogP) is 2.45. The highest BCUT2D eigenvalue weighted by Crippen LogP contribution is 2.37. The van der Waals surface area contributed by atoms with Crippen molar-refractivity contribution in [2.24, 2.45) is 0 Å². The zero-order chi connectivity index (χ0) is 13.0. The van der Waals surface area contributed by atoms with Crippen LogP contribution < -0.4 is 14.8 Å². The Balaban J connectivity index is 1.92. The van der Waals surface area contributed by atoms with Crippen molar-refractivity contribution >= 4 is 29.4 Å². The van der Waals surface area contributed by atoms with E-state index < -0.39 is 4.92 Å². The fourth-order valence-corrected chi connectivity index (χ4v) is 3.27. The Labute approximate surface area is 112 Å². The molecule has 0 spiro atoms. The number of anilines is 1. The van der Waals surface area contributed by atoms with Gasteiger partial charge in [-0.25, -0.2) is 4.72 Å². The fourth-order valence-electron chi connectivity index (χ4n) is 1.32. The van der Waals surface area contributed by atoms with Crippen LogP contribution >= 0.6 is 23.7 Å². The van der Waals surface area contributed by atoms with Crippen LogP contribution in [0.5, 0.6) is 5.75 Å². The molecule has 18 heavy (non-hydrogen) atoms. The van der Waals surface area contributed by atoms with Crippen molar-refractivity contribution in [2.45, 2.75) is 5.50 Å². The first-order valence-corrected chi connectivity index (χ1v) is 6.72. The van der Waals surface area contributed by atoms with Gasteiger partial charge in [0.2, 0.25) is 0 Å². The summed E-state index contributed by atoms with van der Waals surface area (Å²) in [6.45, 7) is 0. The van der Waals surface area contributed by atoms with E-state index in [2.05, 4.69) is 10.0 Å². The third-order valence-electron chi connectivity index (χ3n) is 2.10. The molecule has 6 nitrogen and oxygen atoms in total. The van der Waals surface area contributed by atoms with E-state index in [9.17, 15) is 10.1 Å². The van der Waals surface area contributed by atoms with Crippen LogP contribution in [-0.2, 0) is 0 Å². The molecule has 1 heterocycles. The first-order valence-electron chi connectivity index (χ1n) is 5.02. The lowest BCUT2D eigenvalue weighted by Crippen LogP contribution is -2.23. The summed E-state index contributed by atoms with van der Waals surface area (Å²) in [5, 5.41) is 13.5. The quantitative estimate of drug-likeness (QED) is 0.500. The number of rotatable bonds is 4. The molecule has 2 rings (SSSR count). The van der Waals surface area contributed by atoms with Gasteiger partial charge in [0.15, 0.2) is 0 Å². The molecule has 1 fully saturated rings. The summed E-state index contributed by atoms with van der Waals surface area (Å²) in [7, 11) is 1.61. The van der Waals surface area contributed by atoms with Crippen LogP contribution in [0.4, 0.5) is 5.69 Å². The Morgan fingerprint density at radius 1 is 1.50 bits per heavy atom. The van der Waals surface area contributed by atoms with E-state index in [4.69, 9.17) is 4.74 Å². The lowest BCUT2D eigenvalue weighted by atomic mass is 10.3. The van der Waals surface area contributed by atoms with E-state index in [-0.39, 0.29) is 5.50 Å². The summed E-state index contributed by atoms with van der Waals surface area (Å²) in [4.78, 5) is 9.88. The van der Waals surface area contributed by atoms with Gasteiger partial charge in [-0.2, -0.15) is 0 Å². The van der Waals surface area contributed by atoms with Crippen molar-refractivity contribution in [3.05, 3.63) is 44.8 Å². The SMILES string of the molecule is COc1ccc(NC2NS/C(=C\[N+](=O)[O-])S2)cc1. The molecule has 1 aromatic rings. The molecule has 0 bridgehead atoms. The maximum absolute atomic E-state index is 10.3. The van der Waals surface area contributed by atoms with Crippen molar-refractivity contribution < 1.29 is 9.66 Å². The summed E-state index contributed by atoms with van der Waals surface area (Å²) in [6.07, 6.45) is 0.998. The molecule has 0 saturated carbocycles. The molecule has 1 aliphatic heterocycles. The number of thioether (sulfide) groups is 1. The highest BCUT2D eigenvalue weighted by Gasteiger charge is 2.22. The minimum absolute atomic E-state index is 0.0883. The molecular weight excluding hydrogens is 274 g/mol. The average Bonchev–Trinajstić information content (AvgIpc) is 2.76. The minimum Gasteiger partial charge on any atom is -0.497 e. The Hall–Kier alpha value is -1.38. The smallest absolute Gasteiger partial charge is 0.255 e. The first kappa shape index (κ1) is 13.1.